The zero-order valence-corrected chi connectivity index (χ0v) is 32.2. The van der Waals surface area contributed by atoms with Crippen molar-refractivity contribution >= 4 is 43.6 Å². The monoisotopic (exact) mass is 750 g/mol. The maximum absolute atomic E-state index is 6.20. The first-order valence-corrected chi connectivity index (χ1v) is 19.5. The molecule has 4 aromatic heterocycles. The molecular formula is C52H38N4O2. The van der Waals surface area contributed by atoms with Gasteiger partial charge in [-0.15, -0.1) is 0 Å². The van der Waals surface area contributed by atoms with Gasteiger partial charge in [-0.3, -0.25) is 4.98 Å². The highest BCUT2D eigenvalue weighted by Crippen LogP contribution is 2.31. The highest BCUT2D eigenvalue weighted by atomic mass is 16.5. The van der Waals surface area contributed by atoms with Crippen LogP contribution in [0.2, 0.25) is 0 Å². The smallest absolute Gasteiger partial charge is 0.119 e. The van der Waals surface area contributed by atoms with Gasteiger partial charge in [-0.05, 0) is 85.6 Å². The number of benzene rings is 6. The van der Waals surface area contributed by atoms with Gasteiger partial charge in [0.1, 0.15) is 24.7 Å². The summed E-state index contributed by atoms with van der Waals surface area (Å²) in [7, 11) is 0. The van der Waals surface area contributed by atoms with Gasteiger partial charge >= 0.3 is 0 Å². The number of aryl methyl sites for hydroxylation is 2. The lowest BCUT2D eigenvalue weighted by Gasteiger charge is -2.10. The predicted molar refractivity (Wildman–Crippen MR) is 235 cm³/mol. The van der Waals surface area contributed by atoms with Crippen LogP contribution < -0.4 is 9.47 Å². The summed E-state index contributed by atoms with van der Waals surface area (Å²) < 4.78 is 12.2. The predicted octanol–water partition coefficient (Wildman–Crippen LogP) is 12.7. The van der Waals surface area contributed by atoms with Gasteiger partial charge in [0.25, 0.3) is 0 Å². The molecule has 0 radical (unpaired) electrons. The van der Waals surface area contributed by atoms with Crippen LogP contribution in [0.4, 0.5) is 0 Å². The van der Waals surface area contributed by atoms with Crippen molar-refractivity contribution in [2.45, 2.75) is 27.1 Å². The summed E-state index contributed by atoms with van der Waals surface area (Å²) in [5.41, 5.74) is 13.8. The van der Waals surface area contributed by atoms with E-state index in [0.717, 1.165) is 106 Å². The van der Waals surface area contributed by atoms with Crippen molar-refractivity contribution < 1.29 is 9.47 Å². The van der Waals surface area contributed by atoms with Crippen LogP contribution in [0.25, 0.3) is 77.4 Å². The van der Waals surface area contributed by atoms with Gasteiger partial charge in [0.05, 0.1) is 39.1 Å². The van der Waals surface area contributed by atoms with Gasteiger partial charge in [0, 0.05) is 43.9 Å². The fraction of sp³-hybridized carbons (Fsp3) is 0.0769. The summed E-state index contributed by atoms with van der Waals surface area (Å²) in [6.07, 6.45) is 0. The number of fused-ring (bicyclic) bond motifs is 6. The van der Waals surface area contributed by atoms with E-state index in [9.17, 15) is 0 Å². The largest absolute Gasteiger partial charge is 0.489 e. The first kappa shape index (κ1) is 35.0. The molecule has 4 heterocycles. The Morgan fingerprint density at radius 2 is 0.655 bits per heavy atom. The number of rotatable bonds is 9. The molecule has 0 saturated heterocycles. The average Bonchev–Trinajstić information content (AvgIpc) is 3.28. The standard InChI is InChI=1S/C52H38N4O2/c1-33-3-24-44(25-4-33)57-31-35-6-11-37(12-7-35)46-28-22-42-17-18-43-23-29-47(56-52(43)51(42)55-46)38-13-8-36(9-14-38)32-58-45-26-19-39(20-27-45)48-30-21-41-16-15-40-10-5-34(2)53-49(40)50(41)54-48/h3-30H,31-32H2,1-2H3. The van der Waals surface area contributed by atoms with E-state index >= 15 is 0 Å². The number of hydrogen-bond acceptors (Lipinski definition) is 6. The van der Waals surface area contributed by atoms with Crippen molar-refractivity contribution in [1.29, 1.82) is 0 Å². The van der Waals surface area contributed by atoms with E-state index in [1.165, 1.54) is 5.56 Å². The summed E-state index contributed by atoms with van der Waals surface area (Å²) in [6, 6.07) is 58.2. The fourth-order valence-corrected chi connectivity index (χ4v) is 7.35. The van der Waals surface area contributed by atoms with Crippen LogP contribution >= 0.6 is 0 Å². The summed E-state index contributed by atoms with van der Waals surface area (Å²) in [5.74, 6) is 1.67. The molecule has 0 aliphatic heterocycles. The topological polar surface area (TPSA) is 70.0 Å². The second-order valence-electron chi connectivity index (χ2n) is 14.8. The number of nitrogens with zero attached hydrogens (tertiary/aromatic N) is 4. The molecule has 6 aromatic carbocycles. The third kappa shape index (κ3) is 7.08. The molecule has 0 saturated carbocycles. The van der Waals surface area contributed by atoms with Crippen molar-refractivity contribution in [2.24, 2.45) is 0 Å². The molecule has 10 rings (SSSR count). The van der Waals surface area contributed by atoms with Gasteiger partial charge in [-0.2, -0.15) is 0 Å². The molecule has 0 aliphatic carbocycles. The summed E-state index contributed by atoms with van der Waals surface area (Å²) in [6.45, 7) is 5.05. The molecule has 0 unspecified atom stereocenters. The minimum atomic E-state index is 0.452. The van der Waals surface area contributed by atoms with Crippen LogP contribution in [0.3, 0.4) is 0 Å². The molecule has 10 aromatic rings. The Bertz CT molecular complexity index is 3110. The molecule has 0 atom stereocenters. The quantitative estimate of drug-likeness (QED) is 0.137. The Morgan fingerprint density at radius 3 is 1.07 bits per heavy atom. The number of hydrogen-bond donors (Lipinski definition) is 0. The van der Waals surface area contributed by atoms with E-state index in [0.29, 0.717) is 13.2 Å². The normalized spacial score (nSPS) is 11.4. The Hall–Kier alpha value is -7.44. The first-order valence-electron chi connectivity index (χ1n) is 19.5. The summed E-state index contributed by atoms with van der Waals surface area (Å²) >= 11 is 0. The second kappa shape index (κ2) is 14.9. The fourth-order valence-electron chi connectivity index (χ4n) is 7.35. The molecule has 58 heavy (non-hydrogen) atoms. The molecule has 278 valence electrons. The zero-order valence-electron chi connectivity index (χ0n) is 32.2. The van der Waals surface area contributed by atoms with Gasteiger partial charge < -0.3 is 9.47 Å². The summed E-state index contributed by atoms with van der Waals surface area (Å²) in [5, 5.41) is 4.28. The SMILES string of the molecule is Cc1ccc(OCc2ccc(-c3ccc4ccc5ccc(-c6ccc(COc7ccc(-c8ccc9ccc%10ccc(C)nc%10c9n8)cc7)cc6)nc5c4n3)cc2)cc1. The molecular weight excluding hydrogens is 713 g/mol. The molecule has 0 fully saturated rings. The van der Waals surface area contributed by atoms with E-state index in [-0.39, 0.29) is 0 Å². The highest BCUT2D eigenvalue weighted by Gasteiger charge is 2.11. The van der Waals surface area contributed by atoms with Crippen molar-refractivity contribution in [1.82, 2.24) is 19.9 Å². The molecule has 0 spiro atoms. The van der Waals surface area contributed by atoms with Crippen molar-refractivity contribution in [3.8, 4) is 45.3 Å². The van der Waals surface area contributed by atoms with Gasteiger partial charge in [0.15, 0.2) is 0 Å². The number of aromatic nitrogens is 4. The maximum atomic E-state index is 6.20. The lowest BCUT2D eigenvalue weighted by atomic mass is 10.0. The minimum Gasteiger partial charge on any atom is -0.489 e. The molecule has 0 aliphatic rings. The van der Waals surface area contributed by atoms with Crippen LogP contribution in [0.15, 0.2) is 170 Å². The van der Waals surface area contributed by atoms with Gasteiger partial charge in [-0.25, -0.2) is 15.0 Å². The van der Waals surface area contributed by atoms with Crippen molar-refractivity contribution in [3.05, 3.63) is 192 Å². The number of pyridine rings is 4. The summed E-state index contributed by atoms with van der Waals surface area (Å²) in [4.78, 5) is 20.1. The third-order valence-corrected chi connectivity index (χ3v) is 10.7. The molecule has 0 N–H and O–H groups in total. The Balaban J connectivity index is 0.829. The van der Waals surface area contributed by atoms with Crippen LogP contribution in [-0.4, -0.2) is 19.9 Å². The van der Waals surface area contributed by atoms with E-state index in [1.54, 1.807) is 0 Å². The van der Waals surface area contributed by atoms with Crippen LogP contribution in [0.1, 0.15) is 22.4 Å². The molecule has 0 amide bonds. The highest BCUT2D eigenvalue weighted by molar-refractivity contribution is 6.05. The molecule has 6 heteroatoms. The lowest BCUT2D eigenvalue weighted by molar-refractivity contribution is 0.306. The Labute approximate surface area is 336 Å². The van der Waals surface area contributed by atoms with Crippen LogP contribution in [0, 0.1) is 13.8 Å². The lowest BCUT2D eigenvalue weighted by Crippen LogP contribution is -1.96. The van der Waals surface area contributed by atoms with E-state index < -0.39 is 0 Å². The van der Waals surface area contributed by atoms with Crippen LogP contribution in [-0.2, 0) is 13.2 Å². The first-order chi connectivity index (χ1) is 28.5. The minimum absolute atomic E-state index is 0.452. The van der Waals surface area contributed by atoms with Crippen molar-refractivity contribution in [2.75, 3.05) is 0 Å². The van der Waals surface area contributed by atoms with E-state index in [2.05, 4.69) is 146 Å². The number of ether oxygens (including phenoxy) is 2. The Morgan fingerprint density at radius 1 is 0.328 bits per heavy atom. The molecule has 6 nitrogen and oxygen atoms in total. The zero-order chi connectivity index (χ0) is 39.0. The van der Waals surface area contributed by atoms with Crippen LogP contribution in [0.5, 0.6) is 11.5 Å². The van der Waals surface area contributed by atoms with E-state index in [1.807, 2.05) is 37.3 Å². The second-order valence-corrected chi connectivity index (χ2v) is 14.8. The van der Waals surface area contributed by atoms with Gasteiger partial charge in [0.2, 0.25) is 0 Å². The third-order valence-electron chi connectivity index (χ3n) is 10.7. The van der Waals surface area contributed by atoms with Gasteiger partial charge in [-0.1, -0.05) is 115 Å². The maximum Gasteiger partial charge on any atom is 0.119 e. The van der Waals surface area contributed by atoms with Crippen molar-refractivity contribution in [3.63, 3.8) is 0 Å². The molecule has 0 bridgehead atoms. The average molecular weight is 751 g/mol. The Kier molecular flexibility index (Phi) is 8.99. The van der Waals surface area contributed by atoms with E-state index in [4.69, 9.17) is 29.4 Å².